The van der Waals surface area contributed by atoms with Crippen molar-refractivity contribution in [3.8, 4) is 5.75 Å². The molecule has 0 amide bonds. The molecule has 1 aromatic heterocycles. The van der Waals surface area contributed by atoms with Crippen LogP contribution in [0.5, 0.6) is 5.75 Å². The lowest BCUT2D eigenvalue weighted by Gasteiger charge is -2.11. The second kappa shape index (κ2) is 7.26. The Labute approximate surface area is 132 Å². The molecule has 0 aliphatic rings. The van der Waals surface area contributed by atoms with Gasteiger partial charge in [-0.25, -0.2) is 4.39 Å². The van der Waals surface area contributed by atoms with Gasteiger partial charge in [0.2, 0.25) is 11.9 Å². The SMILES string of the molecule is COc1ccc(F)cc1CSCc1nc(N)nc(N(C)C)n1. The molecule has 0 saturated carbocycles. The van der Waals surface area contributed by atoms with E-state index in [0.29, 0.717) is 29.0 Å². The third-order valence-electron chi connectivity index (χ3n) is 2.82. The molecule has 118 valence electrons. The highest BCUT2D eigenvalue weighted by atomic mass is 32.2. The molecular formula is C14H18FN5OS. The molecule has 8 heteroatoms. The Kier molecular flexibility index (Phi) is 5.37. The van der Waals surface area contributed by atoms with Crippen molar-refractivity contribution in [1.29, 1.82) is 0 Å². The molecule has 0 radical (unpaired) electrons. The number of hydrogen-bond acceptors (Lipinski definition) is 7. The smallest absolute Gasteiger partial charge is 0.229 e. The Hall–Kier alpha value is -2.09. The number of thioether (sulfide) groups is 1. The third kappa shape index (κ3) is 4.20. The molecule has 6 nitrogen and oxygen atoms in total. The van der Waals surface area contributed by atoms with Crippen molar-refractivity contribution in [1.82, 2.24) is 15.0 Å². The Bertz CT molecular complexity index is 653. The summed E-state index contributed by atoms with van der Waals surface area (Å²) in [6, 6.07) is 4.47. The van der Waals surface area contributed by atoms with Crippen molar-refractivity contribution < 1.29 is 9.13 Å². The zero-order valence-corrected chi connectivity index (χ0v) is 13.5. The molecule has 0 atom stereocenters. The zero-order valence-electron chi connectivity index (χ0n) is 12.7. The van der Waals surface area contributed by atoms with Gasteiger partial charge >= 0.3 is 0 Å². The first-order chi connectivity index (χ1) is 10.5. The van der Waals surface area contributed by atoms with Crippen molar-refractivity contribution in [2.45, 2.75) is 11.5 Å². The van der Waals surface area contributed by atoms with E-state index >= 15 is 0 Å². The van der Waals surface area contributed by atoms with Gasteiger partial charge in [0.05, 0.1) is 12.9 Å². The first-order valence-corrected chi connectivity index (χ1v) is 7.73. The predicted molar refractivity (Wildman–Crippen MR) is 86.5 cm³/mol. The van der Waals surface area contributed by atoms with Gasteiger partial charge in [-0.05, 0) is 18.2 Å². The molecule has 2 aromatic rings. The van der Waals surface area contributed by atoms with E-state index in [9.17, 15) is 4.39 Å². The van der Waals surface area contributed by atoms with Crippen molar-refractivity contribution in [2.24, 2.45) is 0 Å². The van der Waals surface area contributed by atoms with Crippen LogP contribution in [0.15, 0.2) is 18.2 Å². The van der Waals surface area contributed by atoms with Gasteiger partial charge in [0.1, 0.15) is 17.4 Å². The van der Waals surface area contributed by atoms with E-state index in [-0.39, 0.29) is 11.8 Å². The Morgan fingerprint density at radius 1 is 1.23 bits per heavy atom. The number of benzene rings is 1. The fraction of sp³-hybridized carbons (Fsp3) is 0.357. The minimum atomic E-state index is -0.282. The van der Waals surface area contributed by atoms with E-state index in [4.69, 9.17) is 10.5 Å². The number of hydrogen-bond donors (Lipinski definition) is 1. The maximum atomic E-state index is 13.3. The quantitative estimate of drug-likeness (QED) is 0.872. The number of rotatable bonds is 6. The van der Waals surface area contributed by atoms with Crippen LogP contribution in [0.3, 0.4) is 0 Å². The average molecular weight is 323 g/mol. The van der Waals surface area contributed by atoms with Gasteiger partial charge in [0, 0.05) is 25.4 Å². The average Bonchev–Trinajstić information content (AvgIpc) is 2.47. The van der Waals surface area contributed by atoms with Crippen LogP contribution < -0.4 is 15.4 Å². The Balaban J connectivity index is 2.04. The molecule has 0 fully saturated rings. The van der Waals surface area contributed by atoms with Crippen molar-refractivity contribution in [3.05, 3.63) is 35.4 Å². The lowest BCUT2D eigenvalue weighted by atomic mass is 10.2. The molecule has 22 heavy (non-hydrogen) atoms. The summed E-state index contributed by atoms with van der Waals surface area (Å²) in [7, 11) is 5.24. The summed E-state index contributed by atoms with van der Waals surface area (Å²) in [5.41, 5.74) is 6.47. The molecular weight excluding hydrogens is 305 g/mol. The predicted octanol–water partition coefficient (Wildman–Crippen LogP) is 2.10. The Morgan fingerprint density at radius 3 is 2.68 bits per heavy atom. The van der Waals surface area contributed by atoms with E-state index < -0.39 is 0 Å². The molecule has 0 aliphatic heterocycles. The van der Waals surface area contributed by atoms with Crippen molar-refractivity contribution in [2.75, 3.05) is 31.8 Å². The largest absolute Gasteiger partial charge is 0.496 e. The van der Waals surface area contributed by atoms with E-state index in [0.717, 1.165) is 5.56 Å². The highest BCUT2D eigenvalue weighted by Gasteiger charge is 2.08. The molecule has 2 rings (SSSR count). The van der Waals surface area contributed by atoms with E-state index in [1.54, 1.807) is 29.8 Å². The van der Waals surface area contributed by atoms with Crippen LogP contribution in [0.1, 0.15) is 11.4 Å². The summed E-state index contributed by atoms with van der Waals surface area (Å²) in [5.74, 6) is 2.83. The van der Waals surface area contributed by atoms with Gasteiger partial charge in [-0.3, -0.25) is 0 Å². The maximum absolute atomic E-state index is 13.3. The number of anilines is 2. The number of nitrogens with zero attached hydrogens (tertiary/aromatic N) is 4. The van der Waals surface area contributed by atoms with Crippen LogP contribution in [-0.4, -0.2) is 36.2 Å². The van der Waals surface area contributed by atoms with Gasteiger partial charge < -0.3 is 15.4 Å². The third-order valence-corrected chi connectivity index (χ3v) is 3.80. The summed E-state index contributed by atoms with van der Waals surface area (Å²) in [6.07, 6.45) is 0. The second-order valence-electron chi connectivity index (χ2n) is 4.75. The van der Waals surface area contributed by atoms with Gasteiger partial charge in [0.25, 0.3) is 0 Å². The first-order valence-electron chi connectivity index (χ1n) is 6.57. The fourth-order valence-electron chi connectivity index (χ4n) is 1.80. The molecule has 2 N–H and O–H groups in total. The number of nitrogens with two attached hydrogens (primary N) is 1. The standard InChI is InChI=1S/C14H18FN5OS/c1-20(2)14-18-12(17-13(16)19-14)8-22-7-9-6-10(15)4-5-11(9)21-3/h4-6H,7-8H2,1-3H3,(H2,16,17,18,19). The minimum Gasteiger partial charge on any atom is -0.496 e. The molecule has 0 aliphatic carbocycles. The molecule has 0 spiro atoms. The van der Waals surface area contributed by atoms with Gasteiger partial charge in [-0.2, -0.15) is 15.0 Å². The highest BCUT2D eigenvalue weighted by molar-refractivity contribution is 7.97. The normalized spacial score (nSPS) is 10.5. The van der Waals surface area contributed by atoms with E-state index in [1.165, 1.54) is 12.1 Å². The molecule has 0 bridgehead atoms. The van der Waals surface area contributed by atoms with E-state index in [2.05, 4.69) is 15.0 Å². The van der Waals surface area contributed by atoms with Crippen LogP contribution in [0, 0.1) is 5.82 Å². The Morgan fingerprint density at radius 2 is 2.00 bits per heavy atom. The van der Waals surface area contributed by atoms with Crippen LogP contribution in [0.25, 0.3) is 0 Å². The van der Waals surface area contributed by atoms with Crippen LogP contribution in [-0.2, 0) is 11.5 Å². The number of ether oxygens (including phenoxy) is 1. The monoisotopic (exact) mass is 323 g/mol. The van der Waals surface area contributed by atoms with Gasteiger partial charge in [-0.1, -0.05) is 0 Å². The summed E-state index contributed by atoms with van der Waals surface area (Å²) >= 11 is 1.55. The first kappa shape index (κ1) is 16.3. The summed E-state index contributed by atoms with van der Waals surface area (Å²) < 4.78 is 18.5. The number of halogens is 1. The van der Waals surface area contributed by atoms with Crippen molar-refractivity contribution >= 4 is 23.7 Å². The number of aromatic nitrogens is 3. The van der Waals surface area contributed by atoms with Gasteiger partial charge in [0.15, 0.2) is 0 Å². The topological polar surface area (TPSA) is 77.2 Å². The lowest BCUT2D eigenvalue weighted by molar-refractivity contribution is 0.410. The molecule has 0 unspecified atom stereocenters. The fourth-order valence-corrected chi connectivity index (χ4v) is 2.66. The summed E-state index contributed by atoms with van der Waals surface area (Å²) in [6.45, 7) is 0. The zero-order chi connectivity index (χ0) is 16.1. The molecule has 1 aromatic carbocycles. The van der Waals surface area contributed by atoms with Crippen LogP contribution in [0.2, 0.25) is 0 Å². The van der Waals surface area contributed by atoms with E-state index in [1.807, 2.05) is 14.1 Å². The van der Waals surface area contributed by atoms with Crippen LogP contribution >= 0.6 is 11.8 Å². The van der Waals surface area contributed by atoms with Gasteiger partial charge in [-0.15, -0.1) is 11.8 Å². The van der Waals surface area contributed by atoms with Crippen LogP contribution in [0.4, 0.5) is 16.3 Å². The highest BCUT2D eigenvalue weighted by Crippen LogP contribution is 2.25. The minimum absolute atomic E-state index is 0.192. The summed E-state index contributed by atoms with van der Waals surface area (Å²) in [4.78, 5) is 14.2. The second-order valence-corrected chi connectivity index (χ2v) is 5.74. The lowest BCUT2D eigenvalue weighted by Crippen LogP contribution is -2.15. The number of nitrogen functional groups attached to an aromatic ring is 1. The maximum Gasteiger partial charge on any atom is 0.229 e. The van der Waals surface area contributed by atoms with Crippen molar-refractivity contribution in [3.63, 3.8) is 0 Å². The molecule has 0 saturated heterocycles. The number of methoxy groups -OCH3 is 1. The molecule has 1 heterocycles. The summed E-state index contributed by atoms with van der Waals surface area (Å²) in [5, 5.41) is 0.